The molecular weight excluding hydrogens is 190 g/mol. The molecule has 0 radical (unpaired) electrons. The van der Waals surface area contributed by atoms with E-state index in [-0.39, 0.29) is 17.9 Å². The first kappa shape index (κ1) is 10.2. The second-order valence-corrected chi connectivity index (χ2v) is 4.06. The minimum absolute atomic E-state index is 0.212. The molecule has 0 saturated carbocycles. The van der Waals surface area contributed by atoms with Crippen LogP contribution in [0.15, 0.2) is 18.2 Å². The Kier molecular flexibility index (Phi) is 2.49. The summed E-state index contributed by atoms with van der Waals surface area (Å²) in [6, 6.07) is 5.92. The van der Waals surface area contributed by atoms with Crippen LogP contribution >= 0.6 is 0 Å². The third kappa shape index (κ3) is 1.63. The highest BCUT2D eigenvalue weighted by Crippen LogP contribution is 2.35. The summed E-state index contributed by atoms with van der Waals surface area (Å²) in [5.74, 6) is -0.428. The van der Waals surface area contributed by atoms with Gasteiger partial charge in [0, 0.05) is 6.04 Å². The fraction of sp³-hybridized carbons (Fsp3) is 0.417. The summed E-state index contributed by atoms with van der Waals surface area (Å²) in [6.45, 7) is 2.04. The van der Waals surface area contributed by atoms with Crippen molar-refractivity contribution in [3.63, 3.8) is 0 Å². The van der Waals surface area contributed by atoms with Crippen molar-refractivity contribution in [3.05, 3.63) is 34.9 Å². The lowest BCUT2D eigenvalue weighted by Crippen LogP contribution is -2.25. The average Bonchev–Trinajstić information content (AvgIpc) is 2.54. The molecule has 3 nitrogen and oxygen atoms in total. The van der Waals surface area contributed by atoms with Gasteiger partial charge in [0.25, 0.3) is 0 Å². The van der Waals surface area contributed by atoms with E-state index in [1.807, 2.05) is 19.1 Å². The third-order valence-electron chi connectivity index (χ3n) is 3.03. The second-order valence-electron chi connectivity index (χ2n) is 4.06. The van der Waals surface area contributed by atoms with Crippen LogP contribution in [0.25, 0.3) is 0 Å². The standard InChI is InChI=1S/C12H15NO2/c1-7-3-4-9-8(5-7)6-10(11(9)13)12(14)15-2/h3-5,10-11H,6,13H2,1-2H3. The van der Waals surface area contributed by atoms with Crippen LogP contribution in [0.3, 0.4) is 0 Å². The molecule has 1 aliphatic rings. The highest BCUT2D eigenvalue weighted by Gasteiger charge is 2.35. The zero-order valence-electron chi connectivity index (χ0n) is 8.99. The van der Waals surface area contributed by atoms with Crippen molar-refractivity contribution in [3.8, 4) is 0 Å². The zero-order valence-corrected chi connectivity index (χ0v) is 8.99. The van der Waals surface area contributed by atoms with Gasteiger partial charge in [0.2, 0.25) is 0 Å². The summed E-state index contributed by atoms with van der Waals surface area (Å²) < 4.78 is 4.75. The van der Waals surface area contributed by atoms with Crippen molar-refractivity contribution < 1.29 is 9.53 Å². The number of hydrogen-bond donors (Lipinski definition) is 1. The molecule has 0 aromatic heterocycles. The summed E-state index contributed by atoms with van der Waals surface area (Å²) in [6.07, 6.45) is 0.699. The molecule has 0 amide bonds. The Morgan fingerprint density at radius 3 is 2.93 bits per heavy atom. The first-order valence-corrected chi connectivity index (χ1v) is 5.06. The van der Waals surface area contributed by atoms with Crippen molar-refractivity contribution in [2.75, 3.05) is 7.11 Å². The number of nitrogens with two attached hydrogens (primary N) is 1. The number of carbonyl (C=O) groups is 1. The Balaban J connectivity index is 2.32. The number of ether oxygens (including phenoxy) is 1. The van der Waals surface area contributed by atoms with Gasteiger partial charge in [-0.15, -0.1) is 0 Å². The minimum Gasteiger partial charge on any atom is -0.469 e. The topological polar surface area (TPSA) is 52.3 Å². The van der Waals surface area contributed by atoms with Crippen LogP contribution in [0, 0.1) is 12.8 Å². The van der Waals surface area contributed by atoms with Crippen LogP contribution in [0.2, 0.25) is 0 Å². The lowest BCUT2D eigenvalue weighted by molar-refractivity contribution is -0.145. The molecule has 0 bridgehead atoms. The van der Waals surface area contributed by atoms with Gasteiger partial charge < -0.3 is 10.5 Å². The van der Waals surface area contributed by atoms with Gasteiger partial charge in [-0.25, -0.2) is 0 Å². The minimum atomic E-state index is -0.216. The first-order valence-electron chi connectivity index (χ1n) is 5.06. The Morgan fingerprint density at radius 1 is 1.53 bits per heavy atom. The number of methoxy groups -OCH3 is 1. The van der Waals surface area contributed by atoms with Gasteiger partial charge in [-0.3, -0.25) is 4.79 Å². The molecule has 1 aromatic carbocycles. The SMILES string of the molecule is COC(=O)C1Cc2cc(C)ccc2C1N. The van der Waals surface area contributed by atoms with E-state index in [0.29, 0.717) is 6.42 Å². The zero-order chi connectivity index (χ0) is 11.0. The number of fused-ring (bicyclic) bond motifs is 1. The lowest BCUT2D eigenvalue weighted by Gasteiger charge is -2.12. The average molecular weight is 205 g/mol. The fourth-order valence-corrected chi connectivity index (χ4v) is 2.20. The van der Waals surface area contributed by atoms with E-state index >= 15 is 0 Å². The molecule has 15 heavy (non-hydrogen) atoms. The van der Waals surface area contributed by atoms with Crippen molar-refractivity contribution >= 4 is 5.97 Å². The molecule has 2 atom stereocenters. The van der Waals surface area contributed by atoms with E-state index in [2.05, 4.69) is 6.07 Å². The molecule has 3 heteroatoms. The summed E-state index contributed by atoms with van der Waals surface area (Å²) in [4.78, 5) is 11.5. The van der Waals surface area contributed by atoms with Crippen LogP contribution in [0.5, 0.6) is 0 Å². The summed E-state index contributed by atoms with van der Waals surface area (Å²) in [7, 11) is 1.41. The van der Waals surface area contributed by atoms with E-state index in [4.69, 9.17) is 10.5 Å². The van der Waals surface area contributed by atoms with Crippen LogP contribution in [0.4, 0.5) is 0 Å². The van der Waals surface area contributed by atoms with Gasteiger partial charge in [-0.05, 0) is 24.5 Å². The van der Waals surface area contributed by atoms with E-state index in [1.54, 1.807) is 0 Å². The number of esters is 1. The Hall–Kier alpha value is -1.35. The molecule has 1 aromatic rings. The van der Waals surface area contributed by atoms with E-state index in [1.165, 1.54) is 18.2 Å². The molecule has 0 aliphatic heterocycles. The number of carbonyl (C=O) groups excluding carboxylic acids is 1. The van der Waals surface area contributed by atoms with Crippen molar-refractivity contribution in [2.24, 2.45) is 11.7 Å². The molecule has 80 valence electrons. The number of aryl methyl sites for hydroxylation is 1. The van der Waals surface area contributed by atoms with Gasteiger partial charge in [-0.2, -0.15) is 0 Å². The van der Waals surface area contributed by atoms with Gasteiger partial charge in [0.1, 0.15) is 0 Å². The highest BCUT2D eigenvalue weighted by atomic mass is 16.5. The molecule has 2 N–H and O–H groups in total. The maximum absolute atomic E-state index is 11.5. The summed E-state index contributed by atoms with van der Waals surface area (Å²) >= 11 is 0. The van der Waals surface area contributed by atoms with E-state index in [0.717, 1.165) is 5.56 Å². The van der Waals surface area contributed by atoms with Crippen molar-refractivity contribution in [1.29, 1.82) is 0 Å². The molecule has 1 aliphatic carbocycles. The third-order valence-corrected chi connectivity index (χ3v) is 3.03. The molecule has 0 saturated heterocycles. The number of rotatable bonds is 1. The van der Waals surface area contributed by atoms with Gasteiger partial charge in [0.05, 0.1) is 13.0 Å². The molecule has 0 heterocycles. The monoisotopic (exact) mass is 205 g/mol. The second kappa shape index (κ2) is 3.66. The molecule has 0 spiro atoms. The van der Waals surface area contributed by atoms with E-state index in [9.17, 15) is 4.79 Å². The number of benzene rings is 1. The normalized spacial score (nSPS) is 23.7. The number of hydrogen-bond acceptors (Lipinski definition) is 3. The maximum atomic E-state index is 11.5. The Labute approximate surface area is 89.2 Å². The predicted octanol–water partition coefficient (Wildman–Crippen LogP) is 1.34. The highest BCUT2D eigenvalue weighted by molar-refractivity contribution is 5.75. The Morgan fingerprint density at radius 2 is 2.27 bits per heavy atom. The van der Waals surface area contributed by atoms with Gasteiger partial charge in [-0.1, -0.05) is 23.8 Å². The van der Waals surface area contributed by atoms with Gasteiger partial charge >= 0.3 is 5.97 Å². The van der Waals surface area contributed by atoms with Gasteiger partial charge in [0.15, 0.2) is 0 Å². The van der Waals surface area contributed by atoms with Crippen molar-refractivity contribution in [1.82, 2.24) is 0 Å². The van der Waals surface area contributed by atoms with Crippen LogP contribution < -0.4 is 5.73 Å². The molecule has 0 fully saturated rings. The summed E-state index contributed by atoms with van der Waals surface area (Å²) in [5, 5.41) is 0. The largest absolute Gasteiger partial charge is 0.469 e. The van der Waals surface area contributed by atoms with Crippen LogP contribution in [-0.2, 0) is 16.0 Å². The first-order chi connectivity index (χ1) is 7.13. The Bertz CT molecular complexity index is 401. The lowest BCUT2D eigenvalue weighted by atomic mass is 10.0. The van der Waals surface area contributed by atoms with Crippen LogP contribution in [0.1, 0.15) is 22.7 Å². The molecule has 2 unspecified atom stereocenters. The van der Waals surface area contributed by atoms with Crippen LogP contribution in [-0.4, -0.2) is 13.1 Å². The molecular formula is C12H15NO2. The molecule has 2 rings (SSSR count). The maximum Gasteiger partial charge on any atom is 0.310 e. The summed E-state index contributed by atoms with van der Waals surface area (Å²) in [5.41, 5.74) is 9.47. The van der Waals surface area contributed by atoms with E-state index < -0.39 is 0 Å². The predicted molar refractivity (Wildman–Crippen MR) is 57.3 cm³/mol. The smallest absolute Gasteiger partial charge is 0.310 e. The quantitative estimate of drug-likeness (QED) is 0.704. The van der Waals surface area contributed by atoms with Crippen molar-refractivity contribution in [2.45, 2.75) is 19.4 Å². The fourth-order valence-electron chi connectivity index (χ4n) is 2.20.